The minimum atomic E-state index is -0.791. The third kappa shape index (κ3) is 6.42. The summed E-state index contributed by atoms with van der Waals surface area (Å²) in [6.45, 7) is 3.53. The summed E-state index contributed by atoms with van der Waals surface area (Å²) in [6, 6.07) is 17.6. The number of ether oxygens (including phenoxy) is 1. The number of nitrogens with one attached hydrogen (secondary N) is 3. The molecular formula is C28H24Cl2N4O4S. The molecule has 1 atom stereocenters. The fourth-order valence-corrected chi connectivity index (χ4v) is 5.26. The van der Waals surface area contributed by atoms with Gasteiger partial charge >= 0.3 is 0 Å². The first-order valence-corrected chi connectivity index (χ1v) is 13.5. The number of thioether (sulfide) groups is 1. The molecule has 1 aromatic heterocycles. The number of para-hydroxylation sites is 2. The normalized spacial score (nSPS) is 14.9. The first-order chi connectivity index (χ1) is 18.7. The highest BCUT2D eigenvalue weighted by Gasteiger charge is 2.37. The summed E-state index contributed by atoms with van der Waals surface area (Å²) in [4.78, 5) is 26.3. The van der Waals surface area contributed by atoms with Crippen LogP contribution in [0.4, 0.5) is 11.4 Å². The molecule has 0 bridgehead atoms. The van der Waals surface area contributed by atoms with Gasteiger partial charge in [0.2, 0.25) is 5.91 Å². The minimum Gasteiger partial charge on any atom is -0.495 e. The fraction of sp³-hybridized carbons (Fsp3) is 0.179. The van der Waals surface area contributed by atoms with Gasteiger partial charge in [0.25, 0.3) is 5.91 Å². The standard InChI is InChI=1S/C28H24Cl2N4O4S/c1-15-8-11-23(38-15)26-18(13-31)28(39-14-24(35)33-17-9-10-19(29)20(30)12-17)32-16(2)25(26)27(36)34-21-6-4-5-7-22(21)37-3/h4-12,26,32H,14H2,1-3H3,(H,33,35)(H,34,36)/t26-/m0/s1. The zero-order valence-electron chi connectivity index (χ0n) is 21.2. The molecule has 200 valence electrons. The predicted molar refractivity (Wildman–Crippen MR) is 154 cm³/mol. The molecule has 0 unspecified atom stereocenters. The maximum Gasteiger partial charge on any atom is 0.254 e. The first-order valence-electron chi connectivity index (χ1n) is 11.7. The van der Waals surface area contributed by atoms with Gasteiger partial charge in [-0.3, -0.25) is 9.59 Å². The van der Waals surface area contributed by atoms with Crippen molar-refractivity contribution in [3.63, 3.8) is 0 Å². The van der Waals surface area contributed by atoms with E-state index >= 15 is 0 Å². The van der Waals surface area contributed by atoms with Crippen molar-refractivity contribution < 1.29 is 18.7 Å². The van der Waals surface area contributed by atoms with Crippen LogP contribution in [0.1, 0.15) is 24.4 Å². The van der Waals surface area contributed by atoms with Crippen molar-refractivity contribution in [3.05, 3.63) is 98.0 Å². The predicted octanol–water partition coefficient (Wildman–Crippen LogP) is 6.61. The molecule has 2 amide bonds. The Kier molecular flexibility index (Phi) is 8.92. The lowest BCUT2D eigenvalue weighted by atomic mass is 9.85. The number of hydrogen-bond acceptors (Lipinski definition) is 7. The number of nitrogens with zero attached hydrogens (tertiary/aromatic N) is 1. The van der Waals surface area contributed by atoms with Crippen molar-refractivity contribution in [1.29, 1.82) is 5.26 Å². The number of anilines is 2. The van der Waals surface area contributed by atoms with Gasteiger partial charge < -0.3 is 25.1 Å². The quantitative estimate of drug-likeness (QED) is 0.273. The Labute approximate surface area is 240 Å². The maximum atomic E-state index is 13.6. The number of benzene rings is 2. The monoisotopic (exact) mass is 582 g/mol. The van der Waals surface area contributed by atoms with E-state index in [1.165, 1.54) is 7.11 Å². The lowest BCUT2D eigenvalue weighted by Crippen LogP contribution is -2.31. The van der Waals surface area contributed by atoms with Gasteiger partial charge in [-0.05, 0) is 56.3 Å². The second-order valence-corrected chi connectivity index (χ2v) is 10.3. The molecule has 0 aliphatic carbocycles. The Morgan fingerprint density at radius 1 is 1.10 bits per heavy atom. The number of hydrogen-bond donors (Lipinski definition) is 3. The van der Waals surface area contributed by atoms with Crippen LogP contribution in [-0.2, 0) is 9.59 Å². The van der Waals surface area contributed by atoms with E-state index in [0.29, 0.717) is 55.0 Å². The van der Waals surface area contributed by atoms with E-state index in [-0.39, 0.29) is 17.2 Å². The number of nitriles is 1. The molecule has 11 heteroatoms. The number of furan rings is 1. The van der Waals surface area contributed by atoms with Gasteiger partial charge in [0, 0.05) is 11.4 Å². The van der Waals surface area contributed by atoms with Gasteiger partial charge in [-0.2, -0.15) is 5.26 Å². The Hall–Kier alpha value is -3.84. The van der Waals surface area contributed by atoms with Crippen molar-refractivity contribution in [2.75, 3.05) is 23.5 Å². The van der Waals surface area contributed by atoms with Crippen molar-refractivity contribution >= 4 is 58.2 Å². The lowest BCUT2D eigenvalue weighted by molar-refractivity contribution is -0.114. The molecule has 4 rings (SSSR count). The van der Waals surface area contributed by atoms with Crippen LogP contribution in [0, 0.1) is 18.3 Å². The van der Waals surface area contributed by atoms with Crippen LogP contribution in [0.5, 0.6) is 5.75 Å². The van der Waals surface area contributed by atoms with Gasteiger partial charge in [0.05, 0.1) is 56.8 Å². The van der Waals surface area contributed by atoms with Crippen LogP contribution in [-0.4, -0.2) is 24.7 Å². The average Bonchev–Trinajstić information content (AvgIpc) is 3.35. The van der Waals surface area contributed by atoms with E-state index in [1.54, 1.807) is 68.4 Å². The molecule has 0 fully saturated rings. The second-order valence-electron chi connectivity index (χ2n) is 8.52. The molecule has 1 aliphatic heterocycles. The van der Waals surface area contributed by atoms with E-state index in [9.17, 15) is 14.9 Å². The number of aryl methyl sites for hydroxylation is 1. The molecule has 0 saturated heterocycles. The van der Waals surface area contributed by atoms with Crippen LogP contribution in [0.3, 0.4) is 0 Å². The molecule has 2 aromatic carbocycles. The maximum absolute atomic E-state index is 13.6. The van der Waals surface area contributed by atoms with Gasteiger partial charge in [0.1, 0.15) is 17.3 Å². The van der Waals surface area contributed by atoms with E-state index < -0.39 is 11.8 Å². The third-order valence-corrected chi connectivity index (χ3v) is 7.60. The molecule has 8 nitrogen and oxygen atoms in total. The average molecular weight is 583 g/mol. The molecule has 3 N–H and O–H groups in total. The van der Waals surface area contributed by atoms with Gasteiger partial charge in [0.15, 0.2) is 0 Å². The van der Waals surface area contributed by atoms with E-state index in [2.05, 4.69) is 22.0 Å². The molecule has 0 radical (unpaired) electrons. The summed E-state index contributed by atoms with van der Waals surface area (Å²) in [7, 11) is 1.52. The number of methoxy groups -OCH3 is 1. The number of dihydropyridines is 1. The molecule has 2 heterocycles. The highest BCUT2D eigenvalue weighted by molar-refractivity contribution is 8.03. The zero-order chi connectivity index (χ0) is 28.1. The third-order valence-electron chi connectivity index (χ3n) is 5.84. The van der Waals surface area contributed by atoms with Crippen molar-refractivity contribution in [1.82, 2.24) is 5.32 Å². The van der Waals surface area contributed by atoms with Crippen molar-refractivity contribution in [2.24, 2.45) is 0 Å². The van der Waals surface area contributed by atoms with Crippen molar-refractivity contribution in [2.45, 2.75) is 19.8 Å². The smallest absolute Gasteiger partial charge is 0.254 e. The molecule has 39 heavy (non-hydrogen) atoms. The van der Waals surface area contributed by atoms with Gasteiger partial charge in [-0.1, -0.05) is 47.1 Å². The first kappa shape index (κ1) is 28.2. The SMILES string of the molecule is COc1ccccc1NC(=O)C1=C(C)NC(SCC(=O)Nc2ccc(Cl)c(Cl)c2)=C(C#N)[C@H]1c1ccc(C)o1. The fourth-order valence-electron chi connectivity index (χ4n) is 4.07. The summed E-state index contributed by atoms with van der Waals surface area (Å²) in [5, 5.41) is 20.2. The van der Waals surface area contributed by atoms with Crippen LogP contribution in [0.25, 0.3) is 0 Å². The Balaban J connectivity index is 1.61. The van der Waals surface area contributed by atoms with Crippen LogP contribution >= 0.6 is 35.0 Å². The summed E-state index contributed by atoms with van der Waals surface area (Å²) in [6.07, 6.45) is 0. The summed E-state index contributed by atoms with van der Waals surface area (Å²) < 4.78 is 11.3. The van der Waals surface area contributed by atoms with Crippen LogP contribution < -0.4 is 20.7 Å². The Bertz CT molecular complexity index is 1540. The number of allylic oxidation sites excluding steroid dienone is 2. The van der Waals surface area contributed by atoms with E-state index in [4.69, 9.17) is 32.4 Å². The van der Waals surface area contributed by atoms with Crippen molar-refractivity contribution in [3.8, 4) is 11.8 Å². The van der Waals surface area contributed by atoms with Crippen LogP contribution in [0.15, 0.2) is 80.9 Å². The Morgan fingerprint density at radius 2 is 1.87 bits per heavy atom. The number of halogens is 2. The minimum absolute atomic E-state index is 0.00626. The van der Waals surface area contributed by atoms with Gasteiger partial charge in [-0.15, -0.1) is 0 Å². The highest BCUT2D eigenvalue weighted by Crippen LogP contribution is 2.42. The number of rotatable bonds is 8. The number of carbonyl (C=O) groups is 2. The summed E-state index contributed by atoms with van der Waals surface area (Å²) in [5.74, 6) is 0.0492. The summed E-state index contributed by atoms with van der Waals surface area (Å²) >= 11 is 13.1. The zero-order valence-corrected chi connectivity index (χ0v) is 23.6. The largest absolute Gasteiger partial charge is 0.495 e. The van der Waals surface area contributed by atoms with E-state index in [1.807, 2.05) is 0 Å². The number of carbonyl (C=O) groups excluding carboxylic acids is 2. The summed E-state index contributed by atoms with van der Waals surface area (Å²) in [5.41, 5.74) is 2.08. The molecule has 3 aromatic rings. The highest BCUT2D eigenvalue weighted by atomic mass is 35.5. The number of amides is 2. The topological polar surface area (TPSA) is 116 Å². The van der Waals surface area contributed by atoms with Gasteiger partial charge in [-0.25, -0.2) is 0 Å². The molecule has 0 spiro atoms. The van der Waals surface area contributed by atoms with E-state index in [0.717, 1.165) is 11.8 Å². The second kappa shape index (κ2) is 12.3. The Morgan fingerprint density at radius 3 is 2.54 bits per heavy atom. The molecular weight excluding hydrogens is 559 g/mol. The lowest BCUT2D eigenvalue weighted by Gasteiger charge is -2.28. The molecule has 1 aliphatic rings. The molecule has 0 saturated carbocycles. The van der Waals surface area contributed by atoms with Crippen LogP contribution in [0.2, 0.25) is 10.0 Å².